The predicted molar refractivity (Wildman–Crippen MR) is 76.8 cm³/mol. The lowest BCUT2D eigenvalue weighted by Crippen LogP contribution is -1.92. The van der Waals surface area contributed by atoms with Gasteiger partial charge in [0.1, 0.15) is 0 Å². The Labute approximate surface area is 111 Å². The second-order valence-corrected chi connectivity index (χ2v) is 6.31. The maximum atomic E-state index is 5.38. The molecule has 0 aromatic heterocycles. The van der Waals surface area contributed by atoms with E-state index in [1.807, 2.05) is 35.7 Å². The van der Waals surface area contributed by atoms with Gasteiger partial charge in [0.15, 0.2) is 11.5 Å². The highest BCUT2D eigenvalue weighted by Gasteiger charge is 2.12. The molecule has 0 radical (unpaired) electrons. The fraction of sp³-hybridized carbons (Fsp3) is 0.385. The van der Waals surface area contributed by atoms with E-state index in [-0.39, 0.29) is 0 Å². The van der Waals surface area contributed by atoms with Crippen LogP contribution in [0.25, 0.3) is 6.08 Å². The Balaban J connectivity index is 2.18. The third-order valence-corrected chi connectivity index (χ3v) is 4.34. The summed E-state index contributed by atoms with van der Waals surface area (Å²) in [6, 6.07) is 6.08. The fourth-order valence-electron chi connectivity index (χ4n) is 1.55. The van der Waals surface area contributed by atoms with Gasteiger partial charge in [-0.05, 0) is 35.3 Å². The van der Waals surface area contributed by atoms with Crippen molar-refractivity contribution in [3.8, 4) is 11.5 Å². The monoisotopic (exact) mass is 268 g/mol. The summed E-state index contributed by atoms with van der Waals surface area (Å²) in [5.74, 6) is 3.89. The molecule has 0 unspecified atom stereocenters. The standard InChI is InChI=1S/C13H16O2S2/c1-3-16-13(17-4-2)8-10-5-6-11-12(7-10)15-9-14-11/h5-8H,3-4,9H2,1-2H3. The Morgan fingerprint density at radius 2 is 1.88 bits per heavy atom. The highest BCUT2D eigenvalue weighted by Crippen LogP contribution is 2.35. The molecule has 2 nitrogen and oxygen atoms in total. The van der Waals surface area contributed by atoms with E-state index in [1.54, 1.807) is 0 Å². The Morgan fingerprint density at radius 3 is 2.59 bits per heavy atom. The highest BCUT2D eigenvalue weighted by molar-refractivity contribution is 8.22. The molecular weight excluding hydrogens is 252 g/mol. The average Bonchev–Trinajstić information content (AvgIpc) is 2.77. The second-order valence-electron chi connectivity index (χ2n) is 3.44. The molecule has 17 heavy (non-hydrogen) atoms. The molecule has 0 saturated carbocycles. The number of hydrogen-bond donors (Lipinski definition) is 0. The molecule has 0 aliphatic carbocycles. The Bertz CT molecular complexity index is 408. The highest BCUT2D eigenvalue weighted by atomic mass is 32.2. The quantitative estimate of drug-likeness (QED) is 0.795. The first-order valence-corrected chi connectivity index (χ1v) is 7.67. The summed E-state index contributed by atoms with van der Waals surface area (Å²) < 4.78 is 12.0. The molecule has 0 saturated heterocycles. The average molecular weight is 268 g/mol. The SMILES string of the molecule is CCSC(=Cc1ccc2c(c1)OCO2)SCC. The van der Waals surface area contributed by atoms with Gasteiger partial charge in [0.05, 0.1) is 0 Å². The normalized spacial score (nSPS) is 12.6. The van der Waals surface area contributed by atoms with Gasteiger partial charge in [-0.15, -0.1) is 23.5 Å². The molecule has 92 valence electrons. The van der Waals surface area contributed by atoms with Crippen LogP contribution in [-0.4, -0.2) is 18.3 Å². The molecule has 0 amide bonds. The number of thioether (sulfide) groups is 2. The minimum absolute atomic E-state index is 0.336. The molecule has 1 aromatic carbocycles. The van der Waals surface area contributed by atoms with Crippen LogP contribution in [0.4, 0.5) is 0 Å². The molecule has 0 bridgehead atoms. The molecule has 4 heteroatoms. The lowest BCUT2D eigenvalue weighted by Gasteiger charge is -2.04. The van der Waals surface area contributed by atoms with Gasteiger partial charge < -0.3 is 9.47 Å². The molecule has 0 fully saturated rings. The summed E-state index contributed by atoms with van der Waals surface area (Å²) in [6.07, 6.45) is 2.21. The van der Waals surface area contributed by atoms with Crippen molar-refractivity contribution in [3.05, 3.63) is 28.0 Å². The second kappa shape index (κ2) is 6.26. The molecule has 0 spiro atoms. The van der Waals surface area contributed by atoms with Gasteiger partial charge in [-0.2, -0.15) is 0 Å². The van der Waals surface area contributed by atoms with Crippen LogP contribution in [0.2, 0.25) is 0 Å². The van der Waals surface area contributed by atoms with Gasteiger partial charge in [0, 0.05) is 4.24 Å². The van der Waals surface area contributed by atoms with Gasteiger partial charge in [-0.1, -0.05) is 19.9 Å². The summed E-state index contributed by atoms with van der Waals surface area (Å²) in [6.45, 7) is 4.69. The lowest BCUT2D eigenvalue weighted by atomic mass is 10.2. The zero-order valence-corrected chi connectivity index (χ0v) is 11.7. The molecule has 2 rings (SSSR count). The molecule has 1 aromatic rings. The molecule has 1 heterocycles. The lowest BCUT2D eigenvalue weighted by molar-refractivity contribution is 0.174. The van der Waals surface area contributed by atoms with E-state index in [1.165, 1.54) is 9.80 Å². The summed E-state index contributed by atoms with van der Waals surface area (Å²) >= 11 is 3.76. The molecule has 0 N–H and O–H groups in total. The first kappa shape index (κ1) is 12.7. The number of hydrogen-bond acceptors (Lipinski definition) is 4. The topological polar surface area (TPSA) is 18.5 Å². The zero-order chi connectivity index (χ0) is 12.1. The van der Waals surface area contributed by atoms with E-state index >= 15 is 0 Å². The van der Waals surface area contributed by atoms with Crippen LogP contribution in [0.1, 0.15) is 19.4 Å². The van der Waals surface area contributed by atoms with Crippen LogP contribution in [0.15, 0.2) is 22.4 Å². The van der Waals surface area contributed by atoms with Gasteiger partial charge in [-0.3, -0.25) is 0 Å². The third kappa shape index (κ3) is 3.36. The van der Waals surface area contributed by atoms with Crippen LogP contribution in [0.5, 0.6) is 11.5 Å². The maximum Gasteiger partial charge on any atom is 0.231 e. The van der Waals surface area contributed by atoms with Gasteiger partial charge >= 0.3 is 0 Å². The van der Waals surface area contributed by atoms with Crippen molar-refractivity contribution in [3.63, 3.8) is 0 Å². The molecule has 0 atom stereocenters. The maximum absolute atomic E-state index is 5.38. The van der Waals surface area contributed by atoms with Crippen molar-refractivity contribution in [2.45, 2.75) is 13.8 Å². The van der Waals surface area contributed by atoms with E-state index in [2.05, 4.69) is 26.0 Å². The smallest absolute Gasteiger partial charge is 0.231 e. The zero-order valence-electron chi connectivity index (χ0n) is 10.1. The van der Waals surface area contributed by atoms with Crippen LogP contribution >= 0.6 is 23.5 Å². The molecule has 1 aliphatic heterocycles. The van der Waals surface area contributed by atoms with Crippen LogP contribution < -0.4 is 9.47 Å². The molecular formula is C13H16O2S2. The van der Waals surface area contributed by atoms with Gasteiger partial charge in [-0.25, -0.2) is 0 Å². The summed E-state index contributed by atoms with van der Waals surface area (Å²) in [5.41, 5.74) is 1.17. The van der Waals surface area contributed by atoms with E-state index in [4.69, 9.17) is 9.47 Å². The van der Waals surface area contributed by atoms with E-state index in [0.717, 1.165) is 23.0 Å². The van der Waals surface area contributed by atoms with Crippen molar-refractivity contribution in [1.29, 1.82) is 0 Å². The Hall–Kier alpha value is -0.740. The number of rotatable bonds is 5. The fourth-order valence-corrected chi connectivity index (χ4v) is 3.60. The largest absolute Gasteiger partial charge is 0.454 e. The number of fused-ring (bicyclic) bond motifs is 1. The van der Waals surface area contributed by atoms with Crippen LogP contribution in [0, 0.1) is 0 Å². The van der Waals surface area contributed by atoms with Crippen molar-refractivity contribution in [1.82, 2.24) is 0 Å². The first-order valence-electron chi connectivity index (χ1n) is 5.70. The van der Waals surface area contributed by atoms with E-state index < -0.39 is 0 Å². The minimum Gasteiger partial charge on any atom is -0.454 e. The summed E-state index contributed by atoms with van der Waals surface area (Å²) in [5, 5.41) is 0. The van der Waals surface area contributed by atoms with Crippen molar-refractivity contribution in [2.75, 3.05) is 18.3 Å². The van der Waals surface area contributed by atoms with Crippen LogP contribution in [0.3, 0.4) is 0 Å². The Kier molecular flexibility index (Phi) is 4.68. The third-order valence-electron chi connectivity index (χ3n) is 2.25. The summed E-state index contributed by atoms with van der Waals surface area (Å²) in [7, 11) is 0. The number of benzene rings is 1. The predicted octanol–water partition coefficient (Wildman–Crippen LogP) is 4.22. The number of ether oxygens (including phenoxy) is 2. The minimum atomic E-state index is 0.336. The summed E-state index contributed by atoms with van der Waals surface area (Å²) in [4.78, 5) is 0. The van der Waals surface area contributed by atoms with E-state index in [0.29, 0.717) is 6.79 Å². The van der Waals surface area contributed by atoms with Crippen molar-refractivity contribution < 1.29 is 9.47 Å². The van der Waals surface area contributed by atoms with Crippen molar-refractivity contribution >= 4 is 29.6 Å². The van der Waals surface area contributed by atoms with Crippen molar-refractivity contribution in [2.24, 2.45) is 0 Å². The van der Waals surface area contributed by atoms with Gasteiger partial charge in [0.2, 0.25) is 6.79 Å². The van der Waals surface area contributed by atoms with Gasteiger partial charge in [0.25, 0.3) is 0 Å². The van der Waals surface area contributed by atoms with E-state index in [9.17, 15) is 0 Å². The Morgan fingerprint density at radius 1 is 1.18 bits per heavy atom. The van der Waals surface area contributed by atoms with Crippen LogP contribution in [-0.2, 0) is 0 Å². The first-order chi connectivity index (χ1) is 8.33. The molecule has 1 aliphatic rings.